The lowest BCUT2D eigenvalue weighted by Gasteiger charge is -2.45. The predicted octanol–water partition coefficient (Wildman–Crippen LogP) is 6.09. The van der Waals surface area contributed by atoms with Gasteiger partial charge in [-0.2, -0.15) is 0 Å². The number of amides is 2. The molecule has 9 heteroatoms. The van der Waals surface area contributed by atoms with E-state index in [1.807, 2.05) is 55.5 Å². The molecule has 0 N–H and O–H groups in total. The van der Waals surface area contributed by atoms with Gasteiger partial charge in [0.25, 0.3) is 0 Å². The van der Waals surface area contributed by atoms with E-state index in [0.29, 0.717) is 17.7 Å². The Morgan fingerprint density at radius 2 is 1.29 bits per heavy atom. The van der Waals surface area contributed by atoms with Crippen LogP contribution in [0.4, 0.5) is 0 Å². The first-order chi connectivity index (χ1) is 23.8. The first-order valence-electron chi connectivity index (χ1n) is 16.5. The molecule has 49 heavy (non-hydrogen) atoms. The molecule has 3 atom stereocenters. The van der Waals surface area contributed by atoms with Crippen LogP contribution in [0.25, 0.3) is 0 Å². The summed E-state index contributed by atoms with van der Waals surface area (Å²) in [6, 6.07) is 27.3. The Morgan fingerprint density at radius 1 is 0.714 bits per heavy atom. The minimum absolute atomic E-state index is 0.229. The molecule has 1 aliphatic heterocycles. The molecule has 2 amide bonds. The number of rotatable bonds is 11. The number of hydrogen-bond acceptors (Lipinski definition) is 8. The summed E-state index contributed by atoms with van der Waals surface area (Å²) in [5.74, 6) is -3.63. The summed E-state index contributed by atoms with van der Waals surface area (Å²) in [5.41, 5.74) is 4.75. The normalized spacial score (nSPS) is 20.6. The lowest BCUT2D eigenvalue weighted by molar-refractivity contribution is -0.158. The maximum atomic E-state index is 14.2. The number of Topliss-reactive ketones (excluding diaryl/α,β-unsaturated/α-hetero) is 1. The Bertz CT molecular complexity index is 1850. The van der Waals surface area contributed by atoms with Crippen LogP contribution in [0.15, 0.2) is 97.1 Å². The van der Waals surface area contributed by atoms with Gasteiger partial charge < -0.3 is 14.2 Å². The Morgan fingerprint density at radius 3 is 1.82 bits per heavy atom. The number of carbonyl (C=O) groups excluding carboxylic acids is 5. The number of hydrogen-bond donors (Lipinski definition) is 0. The number of likely N-dealkylation sites (tertiary alicyclic amines) is 1. The average molecular weight is 658 g/mol. The van der Waals surface area contributed by atoms with E-state index in [-0.39, 0.29) is 41.4 Å². The molecule has 4 aromatic carbocycles. The van der Waals surface area contributed by atoms with E-state index in [2.05, 4.69) is 0 Å². The van der Waals surface area contributed by atoms with E-state index in [1.165, 1.54) is 31.4 Å². The highest BCUT2D eigenvalue weighted by Gasteiger charge is 2.63. The summed E-state index contributed by atoms with van der Waals surface area (Å²) in [6.45, 7) is 1.39. The fourth-order valence-corrected chi connectivity index (χ4v) is 7.70. The summed E-state index contributed by atoms with van der Waals surface area (Å²) < 4.78 is 16.1. The van der Waals surface area contributed by atoms with Crippen molar-refractivity contribution in [3.8, 4) is 11.5 Å². The highest BCUT2D eigenvalue weighted by Crippen LogP contribution is 2.61. The minimum Gasteiger partial charge on any atom is -0.497 e. The smallest absolute Gasteiger partial charge is 0.343 e. The molecule has 2 bridgehead atoms. The van der Waals surface area contributed by atoms with Crippen LogP contribution in [0.1, 0.15) is 81.0 Å². The lowest BCUT2D eigenvalue weighted by Crippen LogP contribution is -2.46. The number of esters is 2. The monoisotopic (exact) mass is 657 g/mol. The average Bonchev–Trinajstić information content (AvgIpc) is 3.40. The molecule has 3 unspecified atom stereocenters. The van der Waals surface area contributed by atoms with Crippen molar-refractivity contribution in [3.05, 3.63) is 130 Å². The number of imide groups is 1. The summed E-state index contributed by atoms with van der Waals surface area (Å²) >= 11 is 0. The van der Waals surface area contributed by atoms with Crippen molar-refractivity contribution in [3.63, 3.8) is 0 Å². The highest BCUT2D eigenvalue weighted by atomic mass is 16.5. The van der Waals surface area contributed by atoms with Crippen molar-refractivity contribution in [2.45, 2.75) is 44.1 Å². The van der Waals surface area contributed by atoms with Gasteiger partial charge >= 0.3 is 11.9 Å². The van der Waals surface area contributed by atoms with Crippen molar-refractivity contribution < 1.29 is 38.2 Å². The number of ketones is 1. The predicted molar refractivity (Wildman–Crippen MR) is 178 cm³/mol. The second kappa shape index (κ2) is 13.1. The molecule has 9 nitrogen and oxygen atoms in total. The van der Waals surface area contributed by atoms with E-state index in [4.69, 9.17) is 14.2 Å². The van der Waals surface area contributed by atoms with Crippen LogP contribution in [0, 0.1) is 11.8 Å². The summed E-state index contributed by atoms with van der Waals surface area (Å²) in [7, 11) is 1.50. The van der Waals surface area contributed by atoms with Gasteiger partial charge in [-0.15, -0.1) is 0 Å². The Hall–Kier alpha value is -5.57. The number of ether oxygens (including phenoxy) is 3. The zero-order chi connectivity index (χ0) is 34.2. The molecular weight excluding hydrogens is 622 g/mol. The molecule has 1 fully saturated rings. The molecule has 0 saturated carbocycles. The molecular formula is C40H35NO8. The Kier molecular flexibility index (Phi) is 8.59. The second-order valence-electron chi connectivity index (χ2n) is 12.6. The molecule has 0 aromatic heterocycles. The molecule has 8 rings (SSSR count). The van der Waals surface area contributed by atoms with Crippen LogP contribution in [0.2, 0.25) is 0 Å². The summed E-state index contributed by atoms with van der Waals surface area (Å²) in [6.07, 6.45) is 1.56. The lowest BCUT2D eigenvalue weighted by atomic mass is 9.55. The van der Waals surface area contributed by atoms with Gasteiger partial charge in [-0.25, -0.2) is 9.59 Å². The number of carbonyl (C=O) groups is 5. The number of benzene rings is 4. The summed E-state index contributed by atoms with van der Waals surface area (Å²) in [5, 5.41) is 0. The third-order valence-corrected chi connectivity index (χ3v) is 9.94. The standard InChI is InChI=1S/C40H35NO8/c1-3-4-16-31(40(46)48-22-32(42)23-17-19-25(20-18-23)49-39(45)24-10-9-11-26(21-24)47-2)41-37(43)35-33-27-12-5-6-13-28(27)34(36(35)38(41)44)30-15-8-7-14-29(30)33/h5-15,17-21,31,33-36H,3-4,16,22H2,1-2H3. The van der Waals surface area contributed by atoms with Crippen molar-refractivity contribution >= 4 is 29.5 Å². The molecule has 3 aliphatic carbocycles. The van der Waals surface area contributed by atoms with Crippen LogP contribution >= 0.6 is 0 Å². The van der Waals surface area contributed by atoms with Gasteiger partial charge in [0.1, 0.15) is 17.5 Å². The zero-order valence-electron chi connectivity index (χ0n) is 27.2. The first kappa shape index (κ1) is 32.0. The number of methoxy groups -OCH3 is 1. The van der Waals surface area contributed by atoms with Gasteiger partial charge in [-0.3, -0.25) is 19.3 Å². The third-order valence-electron chi connectivity index (χ3n) is 9.94. The number of nitrogens with zero attached hydrogens (tertiary/aromatic N) is 1. The van der Waals surface area contributed by atoms with Gasteiger partial charge in [0.15, 0.2) is 12.4 Å². The van der Waals surface area contributed by atoms with Crippen molar-refractivity contribution in [1.29, 1.82) is 0 Å². The molecule has 1 heterocycles. The van der Waals surface area contributed by atoms with Crippen molar-refractivity contribution in [1.82, 2.24) is 4.90 Å². The molecule has 0 radical (unpaired) electrons. The molecule has 248 valence electrons. The van der Waals surface area contributed by atoms with Gasteiger partial charge in [0, 0.05) is 17.4 Å². The topological polar surface area (TPSA) is 116 Å². The van der Waals surface area contributed by atoms with E-state index < -0.39 is 42.2 Å². The van der Waals surface area contributed by atoms with Crippen LogP contribution in [0.5, 0.6) is 11.5 Å². The van der Waals surface area contributed by atoms with Crippen LogP contribution in [0.3, 0.4) is 0 Å². The van der Waals surface area contributed by atoms with E-state index in [0.717, 1.165) is 33.6 Å². The maximum Gasteiger partial charge on any atom is 0.343 e. The van der Waals surface area contributed by atoms with E-state index in [9.17, 15) is 24.0 Å². The SMILES string of the molecule is CCCCC(C(=O)OCC(=O)c1ccc(OC(=O)c2cccc(OC)c2)cc1)N1C(=O)C2C3c4ccccc4C(c4ccccc43)C2C1=O. The van der Waals surface area contributed by atoms with Crippen LogP contribution in [-0.2, 0) is 19.1 Å². The first-order valence-corrected chi connectivity index (χ1v) is 16.5. The molecule has 1 saturated heterocycles. The van der Waals surface area contributed by atoms with E-state index in [1.54, 1.807) is 24.3 Å². The fraction of sp³-hybridized carbons (Fsp3) is 0.275. The van der Waals surface area contributed by atoms with Gasteiger partial charge in [-0.1, -0.05) is 74.4 Å². The van der Waals surface area contributed by atoms with E-state index >= 15 is 0 Å². The third kappa shape index (κ3) is 5.59. The molecule has 0 spiro atoms. The minimum atomic E-state index is -1.14. The Balaban J connectivity index is 1.06. The van der Waals surface area contributed by atoms with Crippen molar-refractivity contribution in [2.75, 3.05) is 13.7 Å². The quantitative estimate of drug-likeness (QED) is 0.0824. The fourth-order valence-electron chi connectivity index (χ4n) is 7.70. The largest absolute Gasteiger partial charge is 0.497 e. The number of unbranched alkanes of at least 4 members (excludes halogenated alkanes) is 1. The van der Waals surface area contributed by atoms with Crippen LogP contribution in [-0.4, -0.2) is 54.2 Å². The van der Waals surface area contributed by atoms with Gasteiger partial charge in [0.05, 0.1) is 24.5 Å². The second-order valence-corrected chi connectivity index (χ2v) is 12.6. The molecule has 4 aromatic rings. The Labute approximate surface area is 283 Å². The van der Waals surface area contributed by atoms with Gasteiger partial charge in [0.2, 0.25) is 11.8 Å². The molecule has 4 aliphatic rings. The maximum absolute atomic E-state index is 14.2. The van der Waals surface area contributed by atoms with Gasteiger partial charge in [-0.05, 0) is 71.1 Å². The highest BCUT2D eigenvalue weighted by molar-refractivity contribution is 6.10. The van der Waals surface area contributed by atoms with Crippen molar-refractivity contribution in [2.24, 2.45) is 11.8 Å². The zero-order valence-corrected chi connectivity index (χ0v) is 27.2. The van der Waals surface area contributed by atoms with Crippen LogP contribution < -0.4 is 9.47 Å². The summed E-state index contributed by atoms with van der Waals surface area (Å²) in [4.78, 5) is 68.9.